The van der Waals surface area contributed by atoms with Crippen molar-refractivity contribution in [3.8, 4) is 0 Å². The maximum atomic E-state index is 12.9. The quantitative estimate of drug-likeness (QED) is 0.0211. The topological polar surface area (TPSA) is 108 Å². The fraction of sp³-hybridized carbons (Fsp3) is 0.820. The zero-order valence-electron chi connectivity index (χ0n) is 46.4. The Morgan fingerprint density at radius 2 is 0.814 bits per heavy atom. The number of nitrogens with zero attached hydrogens (tertiary/aromatic N) is 1. The summed E-state index contributed by atoms with van der Waals surface area (Å²) in [6.45, 7) is 4.78. The number of likely N-dealkylation sites (N-methyl/N-ethyl adjacent to an activating group) is 1. The Bertz CT molecular complexity index is 1290. The molecule has 9 heteroatoms. The van der Waals surface area contributed by atoms with E-state index in [1.807, 2.05) is 21.1 Å². The van der Waals surface area contributed by atoms with Crippen molar-refractivity contribution in [2.45, 2.75) is 277 Å². The van der Waals surface area contributed by atoms with Crippen LogP contribution in [-0.2, 0) is 33.3 Å². The number of rotatable bonds is 54. The number of allylic oxidation sites excluding steroid dienone is 8. The summed E-state index contributed by atoms with van der Waals surface area (Å²) < 4.78 is 22.9. The number of hydrogen-bond acceptors (Lipinski definition) is 7. The van der Waals surface area contributed by atoms with Gasteiger partial charge in [0.05, 0.1) is 34.4 Å². The van der Waals surface area contributed by atoms with Crippen molar-refractivity contribution in [3.63, 3.8) is 0 Å². The maximum Gasteiger partial charge on any atom is 0.361 e. The van der Waals surface area contributed by atoms with Gasteiger partial charge in [0.15, 0.2) is 6.10 Å². The highest BCUT2D eigenvalue weighted by Crippen LogP contribution is 2.17. The summed E-state index contributed by atoms with van der Waals surface area (Å²) in [7, 11) is 5.97. The van der Waals surface area contributed by atoms with Crippen LogP contribution in [0.4, 0.5) is 0 Å². The molecule has 0 saturated heterocycles. The van der Waals surface area contributed by atoms with Crippen LogP contribution in [0.5, 0.6) is 0 Å². The Morgan fingerprint density at radius 1 is 0.443 bits per heavy atom. The first-order valence-corrected chi connectivity index (χ1v) is 29.3. The van der Waals surface area contributed by atoms with Crippen molar-refractivity contribution < 1.29 is 42.9 Å². The third kappa shape index (κ3) is 53.1. The largest absolute Gasteiger partial charge is 0.477 e. The summed E-state index contributed by atoms with van der Waals surface area (Å²) in [5, 5.41) is 9.70. The van der Waals surface area contributed by atoms with Crippen molar-refractivity contribution in [3.05, 3.63) is 48.6 Å². The minimum Gasteiger partial charge on any atom is -0.477 e. The number of carbonyl (C=O) groups excluding carboxylic acids is 2. The van der Waals surface area contributed by atoms with Gasteiger partial charge in [0, 0.05) is 12.8 Å². The van der Waals surface area contributed by atoms with Crippen molar-refractivity contribution in [2.24, 2.45) is 0 Å². The maximum absolute atomic E-state index is 12.9. The first-order valence-electron chi connectivity index (χ1n) is 29.3. The molecule has 0 heterocycles. The van der Waals surface area contributed by atoms with E-state index in [4.69, 9.17) is 18.9 Å². The summed E-state index contributed by atoms with van der Waals surface area (Å²) >= 11 is 0. The van der Waals surface area contributed by atoms with Gasteiger partial charge in [-0.05, 0) is 51.4 Å². The second-order valence-electron chi connectivity index (χ2n) is 20.9. The smallest absolute Gasteiger partial charge is 0.361 e. The van der Waals surface area contributed by atoms with Crippen molar-refractivity contribution in [2.75, 3.05) is 47.5 Å². The SMILES string of the molecule is CC/C=C\C/C=C\C/C=C\C/C=C\CCCCCCCCC(=O)OC(COC(=O)CCCCCCCCCCCCCCCCCCCCCCCCCCCC)COC(OCC[N+](C)(C)C)C(=O)O. The lowest BCUT2D eigenvalue weighted by molar-refractivity contribution is -0.870. The first kappa shape index (κ1) is 67.2. The third-order valence-corrected chi connectivity index (χ3v) is 12.8. The fourth-order valence-corrected chi connectivity index (χ4v) is 8.36. The Morgan fingerprint density at radius 3 is 1.21 bits per heavy atom. The normalized spacial score (nSPS) is 13.1. The van der Waals surface area contributed by atoms with Gasteiger partial charge in [0.1, 0.15) is 13.2 Å². The molecule has 9 nitrogen and oxygen atoms in total. The van der Waals surface area contributed by atoms with Crippen LogP contribution in [0.3, 0.4) is 0 Å². The van der Waals surface area contributed by atoms with Gasteiger partial charge in [0.25, 0.3) is 6.29 Å². The molecule has 0 saturated carbocycles. The molecule has 0 aromatic carbocycles. The van der Waals surface area contributed by atoms with E-state index in [1.54, 1.807) is 0 Å². The Labute approximate surface area is 432 Å². The number of hydrogen-bond donors (Lipinski definition) is 1. The van der Waals surface area contributed by atoms with Gasteiger partial charge in [-0.3, -0.25) is 9.59 Å². The van der Waals surface area contributed by atoms with E-state index in [9.17, 15) is 19.5 Å². The number of quaternary nitrogens is 1. The van der Waals surface area contributed by atoms with E-state index in [2.05, 4.69) is 62.5 Å². The van der Waals surface area contributed by atoms with Crippen LogP contribution < -0.4 is 0 Å². The molecule has 0 aromatic rings. The molecule has 0 radical (unpaired) electrons. The predicted molar refractivity (Wildman–Crippen MR) is 295 cm³/mol. The molecule has 0 aliphatic carbocycles. The lowest BCUT2D eigenvalue weighted by Gasteiger charge is -2.25. The number of carboxylic acids is 1. The zero-order chi connectivity index (χ0) is 51.3. The summed E-state index contributed by atoms with van der Waals surface area (Å²) in [6.07, 6.45) is 62.0. The minimum absolute atomic E-state index is 0.184. The molecule has 0 fully saturated rings. The van der Waals surface area contributed by atoms with Crippen LogP contribution in [0.1, 0.15) is 264 Å². The molecular weight excluding hydrogens is 875 g/mol. The van der Waals surface area contributed by atoms with Gasteiger partial charge < -0.3 is 28.5 Å². The van der Waals surface area contributed by atoms with Crippen molar-refractivity contribution in [1.82, 2.24) is 0 Å². The van der Waals surface area contributed by atoms with Crippen LogP contribution in [0.15, 0.2) is 48.6 Å². The molecule has 0 spiro atoms. The predicted octanol–water partition coefficient (Wildman–Crippen LogP) is 17.1. The molecular formula is C61H112NO8+. The number of aliphatic carboxylic acids is 1. The standard InChI is InChI=1S/C61H111NO8/c1-6-8-10-12-14-16-18-20-22-24-26-27-28-29-30-31-32-34-35-37-39-41-43-45-47-49-51-58(63)68-55-57(56-69-61(60(65)66)67-54-53-62(3,4)5)70-59(64)52-50-48-46-44-42-40-38-36-33-25-23-21-19-17-15-13-11-9-7-2/h9,11,15,17,21,23,33,36,57,61H,6-8,10,12-14,16,18-20,22,24-32,34-35,37-56H2,1-5H3/p+1/b11-9-,17-15-,23-21-,36-33-. The van der Waals surface area contributed by atoms with Crippen LogP contribution in [0.2, 0.25) is 0 Å². The lowest BCUT2D eigenvalue weighted by atomic mass is 10.0. The van der Waals surface area contributed by atoms with Gasteiger partial charge in [-0.1, -0.05) is 249 Å². The number of carbonyl (C=O) groups is 3. The molecule has 1 N–H and O–H groups in total. The molecule has 0 amide bonds. The molecule has 408 valence electrons. The molecule has 0 rings (SSSR count). The molecule has 70 heavy (non-hydrogen) atoms. The highest BCUT2D eigenvalue weighted by Gasteiger charge is 2.25. The van der Waals surface area contributed by atoms with Crippen LogP contribution in [0.25, 0.3) is 0 Å². The van der Waals surface area contributed by atoms with Gasteiger partial charge in [-0.2, -0.15) is 0 Å². The summed E-state index contributed by atoms with van der Waals surface area (Å²) in [4.78, 5) is 37.4. The summed E-state index contributed by atoms with van der Waals surface area (Å²) in [5.41, 5.74) is 0. The summed E-state index contributed by atoms with van der Waals surface area (Å²) in [5.74, 6) is -2.01. The van der Waals surface area contributed by atoms with E-state index >= 15 is 0 Å². The molecule has 2 atom stereocenters. The highest BCUT2D eigenvalue weighted by atomic mass is 16.7. The Kier molecular flexibility index (Phi) is 50.5. The number of carboxylic acid groups (broad SMARTS) is 1. The van der Waals surface area contributed by atoms with E-state index < -0.39 is 24.3 Å². The number of ether oxygens (including phenoxy) is 4. The van der Waals surface area contributed by atoms with Crippen LogP contribution >= 0.6 is 0 Å². The van der Waals surface area contributed by atoms with E-state index in [1.165, 1.54) is 148 Å². The average Bonchev–Trinajstić information content (AvgIpc) is 3.33. The van der Waals surface area contributed by atoms with Crippen LogP contribution in [-0.4, -0.2) is 87.4 Å². The van der Waals surface area contributed by atoms with E-state index in [-0.39, 0.29) is 32.2 Å². The molecule has 0 bridgehead atoms. The Hall–Kier alpha value is -2.75. The van der Waals surface area contributed by atoms with Gasteiger partial charge in [-0.15, -0.1) is 0 Å². The van der Waals surface area contributed by atoms with Gasteiger partial charge in [0.2, 0.25) is 0 Å². The minimum atomic E-state index is -1.51. The van der Waals surface area contributed by atoms with Crippen LogP contribution in [0, 0.1) is 0 Å². The van der Waals surface area contributed by atoms with Gasteiger partial charge in [-0.25, -0.2) is 4.79 Å². The zero-order valence-corrected chi connectivity index (χ0v) is 46.4. The highest BCUT2D eigenvalue weighted by molar-refractivity contribution is 5.71. The molecule has 0 aliphatic heterocycles. The van der Waals surface area contributed by atoms with E-state index in [0.29, 0.717) is 23.9 Å². The number of unbranched alkanes of at least 4 members (excludes halogenated alkanes) is 31. The third-order valence-electron chi connectivity index (χ3n) is 12.8. The molecule has 0 aliphatic rings. The Balaban J connectivity index is 4.20. The van der Waals surface area contributed by atoms with Crippen molar-refractivity contribution in [1.29, 1.82) is 0 Å². The molecule has 0 aromatic heterocycles. The first-order chi connectivity index (χ1) is 34.1. The summed E-state index contributed by atoms with van der Waals surface area (Å²) in [6, 6.07) is 0. The molecule has 2 unspecified atom stereocenters. The fourth-order valence-electron chi connectivity index (χ4n) is 8.36. The second kappa shape index (κ2) is 52.6. The van der Waals surface area contributed by atoms with Gasteiger partial charge >= 0.3 is 17.9 Å². The number of esters is 2. The van der Waals surface area contributed by atoms with E-state index in [0.717, 1.165) is 83.5 Å². The monoisotopic (exact) mass is 987 g/mol. The lowest BCUT2D eigenvalue weighted by Crippen LogP contribution is -2.40. The average molecular weight is 988 g/mol. The van der Waals surface area contributed by atoms with Crippen molar-refractivity contribution >= 4 is 17.9 Å². The second-order valence-corrected chi connectivity index (χ2v) is 20.9.